The summed E-state index contributed by atoms with van der Waals surface area (Å²) in [6.07, 6.45) is 55.5. The van der Waals surface area contributed by atoms with Gasteiger partial charge in [0.15, 0.2) is 12.2 Å². The Kier molecular flexibility index (Phi) is 67.1. The number of hydrogen-bond donors (Lipinski definition) is 3. The van der Waals surface area contributed by atoms with Crippen LogP contribution in [-0.4, -0.2) is 96.7 Å². The highest BCUT2D eigenvalue weighted by Crippen LogP contribution is 2.45. The van der Waals surface area contributed by atoms with E-state index < -0.39 is 97.5 Å². The van der Waals surface area contributed by atoms with E-state index in [0.29, 0.717) is 25.7 Å². The van der Waals surface area contributed by atoms with Gasteiger partial charge in [-0.3, -0.25) is 37.3 Å². The van der Waals surface area contributed by atoms with Crippen LogP contribution in [0.3, 0.4) is 0 Å². The van der Waals surface area contributed by atoms with Gasteiger partial charge in [-0.15, -0.1) is 0 Å². The molecule has 4 unspecified atom stereocenters. The maximum atomic E-state index is 13.1. The maximum absolute atomic E-state index is 13.1. The first kappa shape index (κ1) is 95.1. The van der Waals surface area contributed by atoms with Crippen LogP contribution in [0.1, 0.15) is 402 Å². The van der Waals surface area contributed by atoms with E-state index in [1.807, 2.05) is 0 Å². The van der Waals surface area contributed by atoms with E-state index in [9.17, 15) is 43.2 Å². The van der Waals surface area contributed by atoms with E-state index in [1.54, 1.807) is 0 Å². The van der Waals surface area contributed by atoms with Gasteiger partial charge >= 0.3 is 39.5 Å². The second kappa shape index (κ2) is 68.5. The summed E-state index contributed by atoms with van der Waals surface area (Å²) in [6, 6.07) is 0. The number of aliphatic hydroxyl groups is 1. The largest absolute Gasteiger partial charge is 0.472 e. The zero-order chi connectivity index (χ0) is 71.6. The molecule has 0 bridgehead atoms. The number of carbonyl (C=O) groups is 4. The molecule has 0 spiro atoms. The van der Waals surface area contributed by atoms with Crippen LogP contribution in [0.2, 0.25) is 0 Å². The first-order valence-corrected chi connectivity index (χ1v) is 43.4. The molecule has 0 radical (unpaired) electrons. The SMILES string of the molecule is CCCCCCCCCCCCCCCCCCCC(=O)OC[C@H](COP(=O)(O)OC[C@@H](O)COP(=O)(O)OC[C@@H](COC(=O)CCCCCCCCC(C)CC)OC(=O)CCCCCCCCCCCC(C)C)OC(=O)CCCCCCCCCCCCCCCCC(C)CC. The summed E-state index contributed by atoms with van der Waals surface area (Å²) < 4.78 is 68.6. The van der Waals surface area contributed by atoms with Gasteiger partial charge in [0, 0.05) is 25.7 Å². The van der Waals surface area contributed by atoms with Crippen LogP contribution in [-0.2, 0) is 65.4 Å². The highest BCUT2D eigenvalue weighted by atomic mass is 31.2. The van der Waals surface area contributed by atoms with E-state index >= 15 is 0 Å². The molecule has 7 atom stereocenters. The minimum Gasteiger partial charge on any atom is -0.462 e. The first-order valence-electron chi connectivity index (χ1n) is 40.4. The molecule has 0 aliphatic carbocycles. The third-order valence-electron chi connectivity index (χ3n) is 18.9. The molecule has 0 saturated carbocycles. The van der Waals surface area contributed by atoms with Gasteiger partial charge < -0.3 is 33.8 Å². The molecular formula is C78H152O17P2. The number of esters is 4. The molecular weight excluding hydrogens is 1270 g/mol. The third kappa shape index (κ3) is 69.5. The van der Waals surface area contributed by atoms with Crippen molar-refractivity contribution in [2.75, 3.05) is 39.6 Å². The van der Waals surface area contributed by atoms with Crippen molar-refractivity contribution >= 4 is 39.5 Å². The van der Waals surface area contributed by atoms with Crippen LogP contribution in [0.25, 0.3) is 0 Å². The molecule has 0 saturated heterocycles. The smallest absolute Gasteiger partial charge is 0.462 e. The molecule has 3 N–H and O–H groups in total. The lowest BCUT2D eigenvalue weighted by Crippen LogP contribution is -2.30. The first-order chi connectivity index (χ1) is 46.8. The molecule has 0 aliphatic heterocycles. The zero-order valence-electron chi connectivity index (χ0n) is 63.5. The van der Waals surface area contributed by atoms with Crippen LogP contribution in [0.5, 0.6) is 0 Å². The molecule has 0 heterocycles. The van der Waals surface area contributed by atoms with Gasteiger partial charge in [0.1, 0.15) is 19.3 Å². The molecule has 17 nitrogen and oxygen atoms in total. The van der Waals surface area contributed by atoms with Gasteiger partial charge in [0.2, 0.25) is 0 Å². The second-order valence-corrected chi connectivity index (χ2v) is 32.0. The van der Waals surface area contributed by atoms with Gasteiger partial charge in [-0.2, -0.15) is 0 Å². The number of hydrogen-bond acceptors (Lipinski definition) is 15. The fraction of sp³-hybridized carbons (Fsp3) is 0.949. The number of phosphoric acid groups is 2. The molecule has 0 aliphatic rings. The molecule has 97 heavy (non-hydrogen) atoms. The Balaban J connectivity index is 5.25. The number of unbranched alkanes of at least 4 members (excludes halogenated alkanes) is 42. The van der Waals surface area contributed by atoms with Crippen molar-refractivity contribution in [1.82, 2.24) is 0 Å². The number of phosphoric ester groups is 2. The predicted molar refractivity (Wildman–Crippen MR) is 395 cm³/mol. The minimum atomic E-state index is -4.96. The fourth-order valence-electron chi connectivity index (χ4n) is 11.9. The Morgan fingerprint density at radius 1 is 0.299 bits per heavy atom. The lowest BCUT2D eigenvalue weighted by molar-refractivity contribution is -0.161. The van der Waals surface area contributed by atoms with Gasteiger partial charge in [0.25, 0.3) is 0 Å². The minimum absolute atomic E-state index is 0.104. The monoisotopic (exact) mass is 1420 g/mol. The van der Waals surface area contributed by atoms with E-state index in [2.05, 4.69) is 48.5 Å². The Hall–Kier alpha value is -1.94. The highest BCUT2D eigenvalue weighted by molar-refractivity contribution is 7.47. The van der Waals surface area contributed by atoms with Gasteiger partial charge in [-0.25, -0.2) is 9.13 Å². The van der Waals surface area contributed by atoms with Crippen LogP contribution in [0.4, 0.5) is 0 Å². The summed E-state index contributed by atoms with van der Waals surface area (Å²) in [5, 5.41) is 10.6. The number of aliphatic hydroxyl groups excluding tert-OH is 1. The van der Waals surface area contributed by atoms with Crippen LogP contribution < -0.4 is 0 Å². The van der Waals surface area contributed by atoms with Crippen molar-refractivity contribution in [3.05, 3.63) is 0 Å². The fourth-order valence-corrected chi connectivity index (χ4v) is 13.5. The highest BCUT2D eigenvalue weighted by Gasteiger charge is 2.30. The average Bonchev–Trinajstić information content (AvgIpc) is 1.46. The van der Waals surface area contributed by atoms with E-state index in [1.165, 1.54) is 205 Å². The third-order valence-corrected chi connectivity index (χ3v) is 20.8. The normalized spacial score (nSPS) is 14.6. The Morgan fingerprint density at radius 3 is 0.784 bits per heavy atom. The summed E-state index contributed by atoms with van der Waals surface area (Å²) >= 11 is 0. The standard InChI is InChI=1S/C78H152O17P2/c1-8-11-12-13-14-15-16-17-18-19-20-24-27-32-37-45-52-59-75(80)88-65-73(94-77(82)61-54-47-38-33-28-25-22-21-23-26-31-36-43-50-57-70(6)9-2)67-92-96(84,85)90-63-72(79)64-91-97(86,87)93-68-74(66-89-76(81)60-53-46-41-40-44-51-58-71(7)10-3)95-78(83)62-55-48-39-34-29-30-35-42-49-56-69(4)5/h69-74,79H,8-68H2,1-7H3,(H,84,85)(H,86,87)/t70?,71?,72-,73-,74-/m1/s1. The van der Waals surface area contributed by atoms with Gasteiger partial charge in [-0.05, 0) is 43.4 Å². The van der Waals surface area contributed by atoms with E-state index in [0.717, 1.165) is 114 Å². The van der Waals surface area contributed by atoms with E-state index in [4.69, 9.17) is 37.0 Å². The van der Waals surface area contributed by atoms with Crippen LogP contribution in [0.15, 0.2) is 0 Å². The summed E-state index contributed by atoms with van der Waals surface area (Å²) in [5.74, 6) is 0.196. The summed E-state index contributed by atoms with van der Waals surface area (Å²) in [6.45, 7) is 11.9. The average molecular weight is 1420 g/mol. The van der Waals surface area contributed by atoms with Crippen molar-refractivity contribution in [3.63, 3.8) is 0 Å². The summed E-state index contributed by atoms with van der Waals surface area (Å²) in [4.78, 5) is 72.9. The molecule has 0 amide bonds. The number of ether oxygens (including phenoxy) is 4. The molecule has 0 aromatic heterocycles. The predicted octanol–water partition coefficient (Wildman–Crippen LogP) is 23.0. The lowest BCUT2D eigenvalue weighted by atomic mass is 9.99. The number of carbonyl (C=O) groups excluding carboxylic acids is 4. The van der Waals surface area contributed by atoms with Crippen molar-refractivity contribution in [1.29, 1.82) is 0 Å². The van der Waals surface area contributed by atoms with E-state index in [-0.39, 0.29) is 25.7 Å². The molecule has 576 valence electrons. The molecule has 0 fully saturated rings. The summed E-state index contributed by atoms with van der Waals surface area (Å²) in [7, 11) is -9.92. The Bertz CT molecular complexity index is 1890. The number of rotatable bonds is 76. The Morgan fingerprint density at radius 2 is 0.526 bits per heavy atom. The lowest BCUT2D eigenvalue weighted by Gasteiger charge is -2.21. The van der Waals surface area contributed by atoms with Crippen molar-refractivity contribution in [2.45, 2.75) is 420 Å². The topological polar surface area (TPSA) is 237 Å². The molecule has 0 aromatic rings. The van der Waals surface area contributed by atoms with Crippen molar-refractivity contribution in [3.8, 4) is 0 Å². The van der Waals surface area contributed by atoms with Gasteiger partial charge in [-0.1, -0.05) is 350 Å². The van der Waals surface area contributed by atoms with Gasteiger partial charge in [0.05, 0.1) is 26.4 Å². The second-order valence-electron chi connectivity index (χ2n) is 29.1. The molecule has 0 rings (SSSR count). The maximum Gasteiger partial charge on any atom is 0.472 e. The zero-order valence-corrected chi connectivity index (χ0v) is 65.3. The Labute approximate surface area is 594 Å². The molecule has 0 aromatic carbocycles. The quantitative estimate of drug-likeness (QED) is 0.0222. The van der Waals surface area contributed by atoms with Crippen LogP contribution in [0, 0.1) is 17.8 Å². The molecule has 19 heteroatoms. The van der Waals surface area contributed by atoms with Crippen LogP contribution >= 0.6 is 15.6 Å². The van der Waals surface area contributed by atoms with Crippen molar-refractivity contribution < 1.29 is 80.2 Å². The summed E-state index contributed by atoms with van der Waals surface area (Å²) in [5.41, 5.74) is 0. The van der Waals surface area contributed by atoms with Crippen molar-refractivity contribution in [2.24, 2.45) is 17.8 Å².